The third-order valence-electron chi connectivity index (χ3n) is 2.41. The van der Waals surface area contributed by atoms with Gasteiger partial charge in [0.15, 0.2) is 5.16 Å². The molecule has 2 N–H and O–H groups in total. The fourth-order valence-corrected chi connectivity index (χ4v) is 2.31. The van der Waals surface area contributed by atoms with Crippen LogP contribution in [0.2, 0.25) is 0 Å². The standard InChI is InChI=1S/C11H12N2O3S/c1-13-9-3-2-7(10(15)16)6-8(9)12-11(13)17-5-4-14/h2-3,6,14H,4-5H2,1H3,(H,15,16). The molecule has 0 spiro atoms. The van der Waals surface area contributed by atoms with E-state index in [1.165, 1.54) is 11.8 Å². The maximum atomic E-state index is 10.8. The Balaban J connectivity index is 2.45. The Morgan fingerprint density at radius 2 is 2.29 bits per heavy atom. The maximum absolute atomic E-state index is 10.8. The van der Waals surface area contributed by atoms with Crippen molar-refractivity contribution < 1.29 is 15.0 Å². The van der Waals surface area contributed by atoms with Crippen molar-refractivity contribution in [2.75, 3.05) is 12.4 Å². The van der Waals surface area contributed by atoms with Gasteiger partial charge in [-0.25, -0.2) is 9.78 Å². The number of rotatable bonds is 4. The summed E-state index contributed by atoms with van der Waals surface area (Å²) in [4.78, 5) is 15.2. The zero-order valence-electron chi connectivity index (χ0n) is 9.25. The SMILES string of the molecule is Cn1c(SCCO)nc2cc(C(=O)O)ccc21. The van der Waals surface area contributed by atoms with Crippen LogP contribution in [0.4, 0.5) is 0 Å². The first-order valence-electron chi connectivity index (χ1n) is 5.07. The summed E-state index contributed by atoms with van der Waals surface area (Å²) in [5.41, 5.74) is 1.78. The van der Waals surface area contributed by atoms with Crippen LogP contribution in [0.25, 0.3) is 11.0 Å². The molecule has 2 aromatic rings. The van der Waals surface area contributed by atoms with E-state index < -0.39 is 5.97 Å². The zero-order valence-corrected chi connectivity index (χ0v) is 10.1. The number of imidazole rings is 1. The molecular formula is C11H12N2O3S. The summed E-state index contributed by atoms with van der Waals surface area (Å²) in [6.07, 6.45) is 0. The fourth-order valence-electron chi connectivity index (χ4n) is 1.58. The highest BCUT2D eigenvalue weighted by Crippen LogP contribution is 2.23. The summed E-state index contributed by atoms with van der Waals surface area (Å²) in [6, 6.07) is 4.86. The Hall–Kier alpha value is -1.53. The summed E-state index contributed by atoms with van der Waals surface area (Å²) in [7, 11) is 1.87. The number of hydrogen-bond donors (Lipinski definition) is 2. The third-order valence-corrected chi connectivity index (χ3v) is 3.42. The largest absolute Gasteiger partial charge is 0.478 e. The lowest BCUT2D eigenvalue weighted by Crippen LogP contribution is -1.96. The lowest BCUT2D eigenvalue weighted by molar-refractivity contribution is 0.0697. The molecule has 2 rings (SSSR count). The van der Waals surface area contributed by atoms with Crippen molar-refractivity contribution in [1.82, 2.24) is 9.55 Å². The van der Waals surface area contributed by atoms with Gasteiger partial charge in [0.2, 0.25) is 0 Å². The summed E-state index contributed by atoms with van der Waals surface area (Å²) in [6.45, 7) is 0.0915. The van der Waals surface area contributed by atoms with Crippen molar-refractivity contribution in [2.24, 2.45) is 7.05 Å². The second-order valence-corrected chi connectivity index (χ2v) is 4.60. The number of thioether (sulfide) groups is 1. The van der Waals surface area contributed by atoms with Crippen molar-refractivity contribution >= 4 is 28.8 Å². The molecule has 6 heteroatoms. The molecule has 0 amide bonds. The van der Waals surface area contributed by atoms with Crippen LogP contribution < -0.4 is 0 Å². The molecule has 17 heavy (non-hydrogen) atoms. The van der Waals surface area contributed by atoms with Crippen molar-refractivity contribution in [3.05, 3.63) is 23.8 Å². The number of carboxylic acid groups (broad SMARTS) is 1. The van der Waals surface area contributed by atoms with Gasteiger partial charge in [0.1, 0.15) is 0 Å². The molecule has 0 atom stereocenters. The number of benzene rings is 1. The number of nitrogens with zero attached hydrogens (tertiary/aromatic N) is 2. The van der Waals surface area contributed by atoms with Gasteiger partial charge in [-0.2, -0.15) is 0 Å². The first kappa shape index (κ1) is 11.9. The van der Waals surface area contributed by atoms with Gasteiger partial charge >= 0.3 is 5.97 Å². The summed E-state index contributed by atoms with van der Waals surface area (Å²) in [5.74, 6) is -0.384. The minimum Gasteiger partial charge on any atom is -0.478 e. The molecule has 0 saturated heterocycles. The van der Waals surface area contributed by atoms with E-state index in [9.17, 15) is 4.79 Å². The van der Waals surface area contributed by atoms with E-state index in [1.807, 2.05) is 11.6 Å². The first-order chi connectivity index (χ1) is 8.13. The van der Waals surface area contributed by atoms with Gasteiger partial charge in [0.05, 0.1) is 23.2 Å². The van der Waals surface area contributed by atoms with Gasteiger partial charge in [-0.3, -0.25) is 0 Å². The number of aliphatic hydroxyl groups is 1. The summed E-state index contributed by atoms with van der Waals surface area (Å²) >= 11 is 1.44. The van der Waals surface area contributed by atoms with Crippen LogP contribution in [0.3, 0.4) is 0 Å². The number of fused-ring (bicyclic) bond motifs is 1. The van der Waals surface area contributed by atoms with E-state index in [0.717, 1.165) is 10.7 Å². The average molecular weight is 252 g/mol. The molecule has 0 fully saturated rings. The van der Waals surface area contributed by atoms with Gasteiger partial charge in [-0.05, 0) is 18.2 Å². The van der Waals surface area contributed by atoms with Gasteiger partial charge < -0.3 is 14.8 Å². The number of aromatic nitrogens is 2. The number of carbonyl (C=O) groups is 1. The third kappa shape index (κ3) is 2.27. The molecule has 1 aromatic heterocycles. The van der Waals surface area contributed by atoms with Gasteiger partial charge in [-0.15, -0.1) is 0 Å². The smallest absolute Gasteiger partial charge is 0.335 e. The zero-order chi connectivity index (χ0) is 12.4. The first-order valence-corrected chi connectivity index (χ1v) is 6.05. The number of hydrogen-bond acceptors (Lipinski definition) is 4. The second-order valence-electron chi connectivity index (χ2n) is 3.53. The quantitative estimate of drug-likeness (QED) is 0.803. The lowest BCUT2D eigenvalue weighted by Gasteiger charge is -1.99. The minimum atomic E-state index is -0.956. The van der Waals surface area contributed by atoms with Gasteiger partial charge in [0.25, 0.3) is 0 Å². The average Bonchev–Trinajstić information content (AvgIpc) is 2.63. The highest BCUT2D eigenvalue weighted by atomic mass is 32.2. The molecule has 5 nitrogen and oxygen atoms in total. The van der Waals surface area contributed by atoms with Gasteiger partial charge in [-0.1, -0.05) is 11.8 Å². The molecule has 1 heterocycles. The van der Waals surface area contributed by atoms with Crippen LogP contribution >= 0.6 is 11.8 Å². The van der Waals surface area contributed by atoms with Gasteiger partial charge in [0, 0.05) is 12.8 Å². The number of carboxylic acids is 1. The highest BCUT2D eigenvalue weighted by Gasteiger charge is 2.10. The second kappa shape index (κ2) is 4.77. The van der Waals surface area contributed by atoms with Crippen molar-refractivity contribution in [2.45, 2.75) is 5.16 Å². The monoisotopic (exact) mass is 252 g/mol. The van der Waals surface area contributed by atoms with E-state index in [2.05, 4.69) is 4.98 Å². The predicted molar refractivity (Wildman–Crippen MR) is 65.5 cm³/mol. The van der Waals surface area contributed by atoms with Crippen LogP contribution in [0.15, 0.2) is 23.4 Å². The van der Waals surface area contributed by atoms with Crippen LogP contribution in [0.1, 0.15) is 10.4 Å². The molecule has 0 saturated carbocycles. The number of aromatic carboxylic acids is 1. The lowest BCUT2D eigenvalue weighted by atomic mass is 10.2. The molecule has 0 radical (unpaired) electrons. The van der Waals surface area contributed by atoms with Crippen LogP contribution in [-0.2, 0) is 7.05 Å². The normalized spacial score (nSPS) is 10.9. The molecular weight excluding hydrogens is 240 g/mol. The van der Waals surface area contributed by atoms with E-state index in [0.29, 0.717) is 11.3 Å². The fraction of sp³-hybridized carbons (Fsp3) is 0.273. The van der Waals surface area contributed by atoms with E-state index in [-0.39, 0.29) is 12.2 Å². The highest BCUT2D eigenvalue weighted by molar-refractivity contribution is 7.99. The van der Waals surface area contributed by atoms with E-state index in [4.69, 9.17) is 10.2 Å². The Labute approximate surface area is 102 Å². The Bertz CT molecular complexity index is 565. The molecule has 0 aliphatic rings. The maximum Gasteiger partial charge on any atom is 0.335 e. The van der Waals surface area contributed by atoms with Crippen molar-refractivity contribution in [3.8, 4) is 0 Å². The molecule has 0 aliphatic heterocycles. The molecule has 0 unspecified atom stereocenters. The van der Waals surface area contributed by atoms with E-state index >= 15 is 0 Å². The van der Waals surface area contributed by atoms with Crippen LogP contribution in [0.5, 0.6) is 0 Å². The summed E-state index contributed by atoms with van der Waals surface area (Å²) in [5, 5.41) is 18.4. The van der Waals surface area contributed by atoms with Crippen LogP contribution in [0, 0.1) is 0 Å². The van der Waals surface area contributed by atoms with E-state index in [1.54, 1.807) is 18.2 Å². The topological polar surface area (TPSA) is 75.3 Å². The van der Waals surface area contributed by atoms with Crippen molar-refractivity contribution in [3.63, 3.8) is 0 Å². The molecule has 0 bridgehead atoms. The number of aliphatic hydroxyl groups excluding tert-OH is 1. The Morgan fingerprint density at radius 3 is 2.94 bits per heavy atom. The number of aryl methyl sites for hydroxylation is 1. The van der Waals surface area contributed by atoms with Crippen LogP contribution in [-0.4, -0.2) is 38.1 Å². The molecule has 90 valence electrons. The predicted octanol–water partition coefficient (Wildman–Crippen LogP) is 1.36. The van der Waals surface area contributed by atoms with Crippen molar-refractivity contribution in [1.29, 1.82) is 0 Å². The minimum absolute atomic E-state index is 0.0915. The molecule has 0 aliphatic carbocycles. The Kier molecular flexibility index (Phi) is 3.35. The molecule has 1 aromatic carbocycles. The summed E-state index contributed by atoms with van der Waals surface area (Å²) < 4.78 is 1.89. The Morgan fingerprint density at radius 1 is 1.53 bits per heavy atom.